The molecule has 0 aromatic carbocycles. The maximum atomic E-state index is 9.66. The van der Waals surface area contributed by atoms with Gasteiger partial charge >= 0.3 is 0 Å². The van der Waals surface area contributed by atoms with Gasteiger partial charge in [0.15, 0.2) is 0 Å². The molecule has 2 N–H and O–H groups in total. The molecule has 0 radical (unpaired) electrons. The number of allylic oxidation sites excluding steroid dienone is 1. The molecule has 2 nitrogen and oxygen atoms in total. The first-order valence-corrected chi connectivity index (χ1v) is 4.49. The summed E-state index contributed by atoms with van der Waals surface area (Å²) in [5.74, 6) is 0.389. The van der Waals surface area contributed by atoms with Gasteiger partial charge in [-0.15, -0.1) is 0 Å². The van der Waals surface area contributed by atoms with Gasteiger partial charge in [0.1, 0.15) is 0 Å². The molecule has 3 atom stereocenters. The van der Waals surface area contributed by atoms with Crippen LogP contribution in [0.5, 0.6) is 0 Å². The van der Waals surface area contributed by atoms with Gasteiger partial charge in [-0.3, -0.25) is 0 Å². The quantitative estimate of drug-likeness (QED) is 0.585. The van der Waals surface area contributed by atoms with Gasteiger partial charge in [-0.05, 0) is 39.0 Å². The third kappa shape index (κ3) is 1.87. The molecule has 0 aromatic rings. The van der Waals surface area contributed by atoms with Gasteiger partial charge in [-0.2, -0.15) is 0 Å². The van der Waals surface area contributed by atoms with Crippen LogP contribution in [0.25, 0.3) is 0 Å². The lowest BCUT2D eigenvalue weighted by molar-refractivity contribution is -0.0952. The fraction of sp³-hybridized carbons (Fsp3) is 0.800. The first kappa shape index (κ1) is 9.75. The molecule has 1 aliphatic rings. The zero-order valence-corrected chi connectivity index (χ0v) is 7.88. The number of aliphatic hydroxyl groups excluding tert-OH is 1. The van der Waals surface area contributed by atoms with Crippen molar-refractivity contribution >= 4 is 0 Å². The van der Waals surface area contributed by atoms with Crippen molar-refractivity contribution in [1.29, 1.82) is 0 Å². The molecule has 1 fully saturated rings. The van der Waals surface area contributed by atoms with Crippen LogP contribution in [0.4, 0.5) is 0 Å². The molecule has 0 heterocycles. The summed E-state index contributed by atoms with van der Waals surface area (Å²) < 4.78 is 0. The molecule has 0 amide bonds. The predicted molar refractivity (Wildman–Crippen MR) is 48.8 cm³/mol. The second-order valence-corrected chi connectivity index (χ2v) is 4.19. The van der Waals surface area contributed by atoms with Crippen LogP contribution in [0.15, 0.2) is 12.2 Å². The Balaban J connectivity index is 2.58. The highest BCUT2D eigenvalue weighted by molar-refractivity contribution is 5.02. The zero-order chi connectivity index (χ0) is 9.35. The minimum Gasteiger partial charge on any atom is -0.390 e. The first-order chi connectivity index (χ1) is 5.43. The van der Waals surface area contributed by atoms with E-state index in [0.717, 1.165) is 12.0 Å². The molecule has 70 valence electrons. The van der Waals surface area contributed by atoms with Crippen molar-refractivity contribution in [3.8, 4) is 0 Å². The summed E-state index contributed by atoms with van der Waals surface area (Å²) in [6, 6.07) is 0. The Bertz CT molecular complexity index is 184. The Hall–Kier alpha value is -0.340. The number of rotatable bonds is 1. The van der Waals surface area contributed by atoms with Crippen molar-refractivity contribution in [2.24, 2.45) is 5.92 Å². The van der Waals surface area contributed by atoms with E-state index in [2.05, 4.69) is 6.58 Å². The zero-order valence-electron chi connectivity index (χ0n) is 7.88. The van der Waals surface area contributed by atoms with Gasteiger partial charge in [0.2, 0.25) is 0 Å². The van der Waals surface area contributed by atoms with Crippen LogP contribution in [-0.2, 0) is 0 Å². The molecule has 1 saturated carbocycles. The lowest BCUT2D eigenvalue weighted by atomic mass is 9.75. The van der Waals surface area contributed by atoms with Crippen LogP contribution in [-0.4, -0.2) is 21.9 Å². The van der Waals surface area contributed by atoms with Crippen molar-refractivity contribution < 1.29 is 10.2 Å². The first-order valence-electron chi connectivity index (χ1n) is 4.49. The molecule has 0 aromatic heterocycles. The summed E-state index contributed by atoms with van der Waals surface area (Å²) in [7, 11) is 0. The summed E-state index contributed by atoms with van der Waals surface area (Å²) in [6.07, 6.45) is 1.68. The van der Waals surface area contributed by atoms with E-state index in [9.17, 15) is 10.2 Å². The molecule has 0 bridgehead atoms. The molecule has 0 unspecified atom stereocenters. The lowest BCUT2D eigenvalue weighted by Crippen LogP contribution is -2.44. The van der Waals surface area contributed by atoms with E-state index < -0.39 is 11.7 Å². The van der Waals surface area contributed by atoms with Crippen LogP contribution in [0.3, 0.4) is 0 Å². The van der Waals surface area contributed by atoms with Crippen LogP contribution < -0.4 is 0 Å². The summed E-state index contributed by atoms with van der Waals surface area (Å²) in [4.78, 5) is 0. The number of hydrogen-bond acceptors (Lipinski definition) is 2. The van der Waals surface area contributed by atoms with Crippen molar-refractivity contribution in [2.45, 2.75) is 44.8 Å². The highest BCUT2D eigenvalue weighted by Gasteiger charge is 2.37. The number of aliphatic hydroxyl groups is 2. The van der Waals surface area contributed by atoms with E-state index in [-0.39, 0.29) is 0 Å². The van der Waals surface area contributed by atoms with Crippen LogP contribution in [0.1, 0.15) is 33.1 Å². The normalized spacial score (nSPS) is 42.7. The second kappa shape index (κ2) is 3.19. The Labute approximate surface area is 73.9 Å². The molecule has 0 spiro atoms. The van der Waals surface area contributed by atoms with E-state index in [0.29, 0.717) is 18.8 Å². The standard InChI is InChI=1S/C10H18O2/c1-7(2)8-4-5-10(3,12)9(11)6-8/h8-9,11-12H,1,4-6H2,2-3H3/t8-,9-,10-/m1/s1. The molecule has 1 aliphatic carbocycles. The fourth-order valence-electron chi connectivity index (χ4n) is 1.72. The van der Waals surface area contributed by atoms with Gasteiger partial charge in [0, 0.05) is 0 Å². The fourth-order valence-corrected chi connectivity index (χ4v) is 1.72. The van der Waals surface area contributed by atoms with Crippen molar-refractivity contribution in [3.63, 3.8) is 0 Å². The summed E-state index contributed by atoms with van der Waals surface area (Å²) in [5, 5.41) is 19.2. The minimum atomic E-state index is -0.883. The van der Waals surface area contributed by atoms with E-state index in [1.165, 1.54) is 0 Å². The Morgan fingerprint density at radius 3 is 2.58 bits per heavy atom. The van der Waals surface area contributed by atoms with Gasteiger partial charge in [0.05, 0.1) is 11.7 Å². The Morgan fingerprint density at radius 2 is 2.17 bits per heavy atom. The molecular weight excluding hydrogens is 152 g/mol. The summed E-state index contributed by atoms with van der Waals surface area (Å²) in [5.41, 5.74) is 0.232. The summed E-state index contributed by atoms with van der Waals surface area (Å²) in [6.45, 7) is 7.55. The Kier molecular flexibility index (Phi) is 2.59. The van der Waals surface area contributed by atoms with Crippen LogP contribution in [0, 0.1) is 5.92 Å². The average Bonchev–Trinajstić information content (AvgIpc) is 1.94. The molecule has 1 rings (SSSR count). The largest absolute Gasteiger partial charge is 0.390 e. The lowest BCUT2D eigenvalue weighted by Gasteiger charge is -2.38. The van der Waals surface area contributed by atoms with Crippen molar-refractivity contribution in [3.05, 3.63) is 12.2 Å². The van der Waals surface area contributed by atoms with E-state index in [1.807, 2.05) is 6.92 Å². The monoisotopic (exact) mass is 170 g/mol. The van der Waals surface area contributed by atoms with Gasteiger partial charge < -0.3 is 10.2 Å². The second-order valence-electron chi connectivity index (χ2n) is 4.19. The van der Waals surface area contributed by atoms with E-state index in [4.69, 9.17) is 0 Å². The highest BCUT2D eigenvalue weighted by atomic mass is 16.3. The third-order valence-electron chi connectivity index (χ3n) is 2.92. The van der Waals surface area contributed by atoms with Crippen LogP contribution in [0.2, 0.25) is 0 Å². The third-order valence-corrected chi connectivity index (χ3v) is 2.92. The van der Waals surface area contributed by atoms with Gasteiger partial charge in [-0.1, -0.05) is 12.2 Å². The van der Waals surface area contributed by atoms with Crippen molar-refractivity contribution in [1.82, 2.24) is 0 Å². The maximum absolute atomic E-state index is 9.66. The molecule has 12 heavy (non-hydrogen) atoms. The van der Waals surface area contributed by atoms with E-state index in [1.54, 1.807) is 6.92 Å². The van der Waals surface area contributed by atoms with Gasteiger partial charge in [-0.25, -0.2) is 0 Å². The average molecular weight is 170 g/mol. The Morgan fingerprint density at radius 1 is 1.58 bits per heavy atom. The number of hydrogen-bond donors (Lipinski definition) is 2. The predicted octanol–water partition coefficient (Wildman–Crippen LogP) is 1.47. The molecular formula is C10H18O2. The highest BCUT2D eigenvalue weighted by Crippen LogP contribution is 2.34. The summed E-state index contributed by atoms with van der Waals surface area (Å²) >= 11 is 0. The molecule has 0 aliphatic heterocycles. The van der Waals surface area contributed by atoms with Crippen LogP contribution >= 0.6 is 0 Å². The molecule has 0 saturated heterocycles. The van der Waals surface area contributed by atoms with Crippen molar-refractivity contribution in [2.75, 3.05) is 0 Å². The smallest absolute Gasteiger partial charge is 0.0877 e. The minimum absolute atomic E-state index is 0.389. The SMILES string of the molecule is C=C(C)[C@@H]1CC[C@@](C)(O)[C@H](O)C1. The van der Waals surface area contributed by atoms with E-state index >= 15 is 0 Å². The maximum Gasteiger partial charge on any atom is 0.0877 e. The molecule has 2 heteroatoms. The van der Waals surface area contributed by atoms with Gasteiger partial charge in [0.25, 0.3) is 0 Å². The topological polar surface area (TPSA) is 40.5 Å².